The van der Waals surface area contributed by atoms with Crippen LogP contribution in [-0.2, 0) is 9.53 Å². The lowest BCUT2D eigenvalue weighted by molar-refractivity contribution is -0.151. The summed E-state index contributed by atoms with van der Waals surface area (Å²) in [7, 11) is 0. The van der Waals surface area contributed by atoms with E-state index in [-0.39, 0.29) is 0 Å². The molecule has 1 aromatic rings. The van der Waals surface area contributed by atoms with Crippen molar-refractivity contribution in [3.63, 3.8) is 0 Å². The molecule has 1 unspecified atom stereocenters. The predicted molar refractivity (Wildman–Crippen MR) is 101 cm³/mol. The summed E-state index contributed by atoms with van der Waals surface area (Å²) in [5.74, 6) is -0.101. The highest BCUT2D eigenvalue weighted by molar-refractivity contribution is 5.72. The molecule has 1 aromatic carbocycles. The van der Waals surface area contributed by atoms with Crippen LogP contribution in [0.25, 0.3) is 0 Å². The van der Waals surface area contributed by atoms with Crippen LogP contribution in [0.15, 0.2) is 30.3 Å². The summed E-state index contributed by atoms with van der Waals surface area (Å²) in [4.78, 5) is 11.3. The molecule has 0 aromatic heterocycles. The number of hydrogen-bond acceptors (Lipinski definition) is 3. The van der Waals surface area contributed by atoms with Crippen molar-refractivity contribution in [3.05, 3.63) is 30.3 Å². The fourth-order valence-electron chi connectivity index (χ4n) is 2.79. The van der Waals surface area contributed by atoms with Gasteiger partial charge in [-0.2, -0.15) is 0 Å². The van der Waals surface area contributed by atoms with Crippen LogP contribution in [0, 0.1) is 0 Å². The largest absolute Gasteiger partial charge is 0.491 e. The van der Waals surface area contributed by atoms with E-state index in [1.807, 2.05) is 30.3 Å². The Kier molecular flexibility index (Phi) is 12.7. The van der Waals surface area contributed by atoms with Gasteiger partial charge in [-0.3, -0.25) is 0 Å². The van der Waals surface area contributed by atoms with E-state index >= 15 is 0 Å². The van der Waals surface area contributed by atoms with Gasteiger partial charge in [-0.1, -0.05) is 82.9 Å². The fourth-order valence-corrected chi connectivity index (χ4v) is 2.79. The molecule has 0 saturated carbocycles. The molecule has 0 amide bonds. The van der Waals surface area contributed by atoms with E-state index in [1.54, 1.807) is 0 Å². The normalized spacial score (nSPS) is 12.0. The van der Waals surface area contributed by atoms with E-state index in [4.69, 9.17) is 9.47 Å². The number of unbranched alkanes of at least 4 members (excludes halogenated alkanes) is 8. The zero-order valence-corrected chi connectivity index (χ0v) is 15.6. The SMILES string of the molecule is CCCCCCCCCCCC(OCCOc1ccccc1)C(=O)O. The quantitative estimate of drug-likeness (QED) is 0.402. The van der Waals surface area contributed by atoms with E-state index in [0.29, 0.717) is 19.6 Å². The summed E-state index contributed by atoms with van der Waals surface area (Å²) < 4.78 is 11.0. The highest BCUT2D eigenvalue weighted by atomic mass is 16.5. The molecule has 0 spiro atoms. The summed E-state index contributed by atoms with van der Waals surface area (Å²) in [5, 5.41) is 9.25. The Balaban J connectivity index is 2.03. The molecule has 142 valence electrons. The van der Waals surface area contributed by atoms with Crippen LogP contribution in [0.1, 0.15) is 71.1 Å². The van der Waals surface area contributed by atoms with Crippen LogP contribution in [0.5, 0.6) is 5.75 Å². The summed E-state index contributed by atoms with van der Waals surface area (Å²) >= 11 is 0. The maximum Gasteiger partial charge on any atom is 0.332 e. The monoisotopic (exact) mass is 350 g/mol. The Hall–Kier alpha value is -1.55. The molecule has 0 saturated heterocycles. The number of carboxylic acid groups (broad SMARTS) is 1. The van der Waals surface area contributed by atoms with Crippen LogP contribution in [0.2, 0.25) is 0 Å². The average Bonchev–Trinajstić information content (AvgIpc) is 2.62. The predicted octanol–water partition coefficient (Wildman–Crippen LogP) is 5.46. The molecule has 4 heteroatoms. The second-order valence-electron chi connectivity index (χ2n) is 6.48. The average molecular weight is 350 g/mol. The standard InChI is InChI=1S/C21H34O4/c1-2-3-4-5-6-7-8-9-13-16-20(21(22)23)25-18-17-24-19-14-11-10-12-15-19/h10-12,14-15,20H,2-9,13,16-18H2,1H3,(H,22,23). The molecular weight excluding hydrogens is 316 g/mol. The maximum atomic E-state index is 11.3. The van der Waals surface area contributed by atoms with E-state index in [1.165, 1.54) is 44.9 Å². The molecular formula is C21H34O4. The smallest absolute Gasteiger partial charge is 0.332 e. The Labute approximate surface area is 152 Å². The highest BCUT2D eigenvalue weighted by Crippen LogP contribution is 2.13. The number of benzene rings is 1. The number of rotatable bonds is 16. The first-order valence-electron chi connectivity index (χ1n) is 9.76. The van der Waals surface area contributed by atoms with Gasteiger partial charge in [0.15, 0.2) is 6.10 Å². The van der Waals surface area contributed by atoms with Gasteiger partial charge in [0.05, 0.1) is 6.61 Å². The first-order chi connectivity index (χ1) is 12.2. The minimum Gasteiger partial charge on any atom is -0.491 e. The van der Waals surface area contributed by atoms with Gasteiger partial charge in [0.2, 0.25) is 0 Å². The van der Waals surface area contributed by atoms with Crippen LogP contribution >= 0.6 is 0 Å². The van der Waals surface area contributed by atoms with E-state index in [9.17, 15) is 9.90 Å². The topological polar surface area (TPSA) is 55.8 Å². The van der Waals surface area contributed by atoms with Gasteiger partial charge in [-0.05, 0) is 18.6 Å². The van der Waals surface area contributed by atoms with Crippen molar-refractivity contribution in [1.29, 1.82) is 0 Å². The summed E-state index contributed by atoms with van der Waals surface area (Å²) in [5.41, 5.74) is 0. The maximum absolute atomic E-state index is 11.3. The van der Waals surface area contributed by atoms with E-state index in [0.717, 1.165) is 18.6 Å². The molecule has 0 aliphatic carbocycles. The van der Waals surface area contributed by atoms with Crippen molar-refractivity contribution in [1.82, 2.24) is 0 Å². The molecule has 4 nitrogen and oxygen atoms in total. The van der Waals surface area contributed by atoms with Gasteiger partial charge in [-0.25, -0.2) is 4.79 Å². The van der Waals surface area contributed by atoms with Crippen LogP contribution in [0.3, 0.4) is 0 Å². The van der Waals surface area contributed by atoms with Crippen LogP contribution in [0.4, 0.5) is 0 Å². The minimum atomic E-state index is -0.876. The van der Waals surface area contributed by atoms with Crippen molar-refractivity contribution in [2.24, 2.45) is 0 Å². The molecule has 1 atom stereocenters. The summed E-state index contributed by atoms with van der Waals surface area (Å²) in [6, 6.07) is 9.48. The third-order valence-electron chi connectivity index (χ3n) is 4.26. The number of para-hydroxylation sites is 1. The number of ether oxygens (including phenoxy) is 2. The van der Waals surface area contributed by atoms with Crippen molar-refractivity contribution in [2.45, 2.75) is 77.2 Å². The Morgan fingerprint density at radius 1 is 0.920 bits per heavy atom. The number of carboxylic acids is 1. The van der Waals surface area contributed by atoms with Crippen LogP contribution in [-0.4, -0.2) is 30.4 Å². The lowest BCUT2D eigenvalue weighted by Gasteiger charge is -2.14. The molecule has 25 heavy (non-hydrogen) atoms. The molecule has 1 rings (SSSR count). The molecule has 0 aliphatic rings. The zero-order valence-electron chi connectivity index (χ0n) is 15.6. The van der Waals surface area contributed by atoms with Gasteiger partial charge in [0, 0.05) is 0 Å². The van der Waals surface area contributed by atoms with Gasteiger partial charge in [0.25, 0.3) is 0 Å². The van der Waals surface area contributed by atoms with Crippen molar-refractivity contribution >= 4 is 5.97 Å². The third-order valence-corrected chi connectivity index (χ3v) is 4.26. The van der Waals surface area contributed by atoms with Gasteiger partial charge in [0.1, 0.15) is 12.4 Å². The Morgan fingerprint density at radius 3 is 2.12 bits per heavy atom. The molecule has 1 N–H and O–H groups in total. The zero-order chi connectivity index (χ0) is 18.2. The molecule has 0 heterocycles. The van der Waals surface area contributed by atoms with Gasteiger partial charge >= 0.3 is 5.97 Å². The third kappa shape index (κ3) is 11.6. The molecule has 0 fully saturated rings. The van der Waals surface area contributed by atoms with Crippen molar-refractivity contribution < 1.29 is 19.4 Å². The van der Waals surface area contributed by atoms with Crippen LogP contribution < -0.4 is 4.74 Å². The lowest BCUT2D eigenvalue weighted by atomic mass is 10.1. The highest BCUT2D eigenvalue weighted by Gasteiger charge is 2.17. The van der Waals surface area contributed by atoms with Crippen molar-refractivity contribution in [2.75, 3.05) is 13.2 Å². The number of hydrogen-bond donors (Lipinski definition) is 1. The van der Waals surface area contributed by atoms with Gasteiger partial charge < -0.3 is 14.6 Å². The van der Waals surface area contributed by atoms with E-state index in [2.05, 4.69) is 6.92 Å². The Morgan fingerprint density at radius 2 is 1.52 bits per heavy atom. The van der Waals surface area contributed by atoms with E-state index < -0.39 is 12.1 Å². The minimum absolute atomic E-state index is 0.295. The summed E-state index contributed by atoms with van der Waals surface area (Å²) in [6.07, 6.45) is 10.9. The molecule has 0 radical (unpaired) electrons. The number of carbonyl (C=O) groups is 1. The summed E-state index contributed by atoms with van der Waals surface area (Å²) in [6.45, 7) is 2.89. The second-order valence-corrected chi connectivity index (χ2v) is 6.48. The second kappa shape index (κ2) is 14.8. The number of aliphatic carboxylic acids is 1. The molecule has 0 bridgehead atoms. The first kappa shape index (κ1) is 21.5. The lowest BCUT2D eigenvalue weighted by Crippen LogP contribution is -2.26. The first-order valence-corrected chi connectivity index (χ1v) is 9.76. The Bertz CT molecular complexity index is 433. The fraction of sp³-hybridized carbons (Fsp3) is 0.667. The van der Waals surface area contributed by atoms with Crippen molar-refractivity contribution in [3.8, 4) is 5.75 Å². The molecule has 0 aliphatic heterocycles. The van der Waals surface area contributed by atoms with Gasteiger partial charge in [-0.15, -0.1) is 0 Å².